The van der Waals surface area contributed by atoms with Crippen LogP contribution in [0.5, 0.6) is 0 Å². The molecular weight excluding hydrogens is 300 g/mol. The van der Waals surface area contributed by atoms with Crippen LogP contribution in [0, 0.1) is 18.3 Å². The van der Waals surface area contributed by atoms with Crippen molar-refractivity contribution in [2.75, 3.05) is 5.32 Å². The molecule has 88 valence electrons. The first-order chi connectivity index (χ1) is 8.11. The first-order valence-corrected chi connectivity index (χ1v) is 6.69. The van der Waals surface area contributed by atoms with Crippen LogP contribution in [0.15, 0.2) is 15.9 Å². The van der Waals surface area contributed by atoms with Gasteiger partial charge in [-0.25, -0.2) is 0 Å². The lowest BCUT2D eigenvalue weighted by Crippen LogP contribution is -2.04. The van der Waals surface area contributed by atoms with Crippen molar-refractivity contribution in [2.24, 2.45) is 7.05 Å². The molecule has 0 aliphatic carbocycles. The van der Waals surface area contributed by atoms with Crippen LogP contribution in [0.3, 0.4) is 0 Å². The standard InChI is InChI=1S/C11H11BrN4S/c1-7-10(4-13)11(16(2)15-7)14-5-9-3-8(12)6-17-9/h3,6,14H,5H2,1-2H3. The lowest BCUT2D eigenvalue weighted by Gasteiger charge is -2.05. The van der Waals surface area contributed by atoms with Gasteiger partial charge in [0.15, 0.2) is 0 Å². The maximum atomic E-state index is 9.07. The SMILES string of the molecule is Cc1nn(C)c(NCc2cc(Br)cs2)c1C#N. The van der Waals surface area contributed by atoms with Gasteiger partial charge in [-0.3, -0.25) is 4.68 Å². The monoisotopic (exact) mass is 310 g/mol. The van der Waals surface area contributed by atoms with Crippen LogP contribution < -0.4 is 5.32 Å². The van der Waals surface area contributed by atoms with E-state index >= 15 is 0 Å². The summed E-state index contributed by atoms with van der Waals surface area (Å²) >= 11 is 5.09. The number of hydrogen-bond acceptors (Lipinski definition) is 4. The number of aromatic nitrogens is 2. The van der Waals surface area contributed by atoms with Crippen LogP contribution in [0.4, 0.5) is 5.82 Å². The van der Waals surface area contributed by atoms with Gasteiger partial charge in [-0.15, -0.1) is 11.3 Å². The predicted octanol–water partition coefficient (Wildman–Crippen LogP) is 3.04. The van der Waals surface area contributed by atoms with E-state index in [2.05, 4.69) is 38.5 Å². The molecule has 4 nitrogen and oxygen atoms in total. The van der Waals surface area contributed by atoms with E-state index in [0.717, 1.165) is 16.0 Å². The summed E-state index contributed by atoms with van der Waals surface area (Å²) in [4.78, 5) is 1.21. The van der Waals surface area contributed by atoms with Gasteiger partial charge in [0.05, 0.1) is 12.2 Å². The van der Waals surface area contributed by atoms with Crippen molar-refractivity contribution in [1.29, 1.82) is 5.26 Å². The van der Waals surface area contributed by atoms with Crippen LogP contribution in [-0.4, -0.2) is 9.78 Å². The second kappa shape index (κ2) is 4.90. The highest BCUT2D eigenvalue weighted by molar-refractivity contribution is 9.10. The molecule has 2 aromatic heterocycles. The molecule has 0 aliphatic rings. The first kappa shape index (κ1) is 12.1. The lowest BCUT2D eigenvalue weighted by molar-refractivity contribution is 0.758. The first-order valence-electron chi connectivity index (χ1n) is 5.02. The molecule has 0 spiro atoms. The highest BCUT2D eigenvalue weighted by Crippen LogP contribution is 2.22. The van der Waals surface area contributed by atoms with Gasteiger partial charge in [0.2, 0.25) is 0 Å². The van der Waals surface area contributed by atoms with Crippen LogP contribution >= 0.6 is 27.3 Å². The summed E-state index contributed by atoms with van der Waals surface area (Å²) in [5.74, 6) is 0.773. The topological polar surface area (TPSA) is 53.6 Å². The molecule has 2 heterocycles. The molecule has 0 aromatic carbocycles. The summed E-state index contributed by atoms with van der Waals surface area (Å²) < 4.78 is 2.79. The van der Waals surface area contributed by atoms with Gasteiger partial charge in [0.25, 0.3) is 0 Å². The molecule has 0 radical (unpaired) electrons. The quantitative estimate of drug-likeness (QED) is 0.948. The van der Waals surface area contributed by atoms with E-state index in [4.69, 9.17) is 5.26 Å². The predicted molar refractivity (Wildman–Crippen MR) is 72.0 cm³/mol. The molecule has 2 aromatic rings. The summed E-state index contributed by atoms with van der Waals surface area (Å²) in [7, 11) is 1.83. The molecule has 1 N–H and O–H groups in total. The molecule has 0 bridgehead atoms. The molecule has 0 fully saturated rings. The molecule has 17 heavy (non-hydrogen) atoms. The Hall–Kier alpha value is -1.32. The third-order valence-corrected chi connectivity index (χ3v) is 4.08. The zero-order chi connectivity index (χ0) is 12.4. The average Bonchev–Trinajstić information content (AvgIpc) is 2.80. The van der Waals surface area contributed by atoms with E-state index in [0.29, 0.717) is 12.1 Å². The average molecular weight is 311 g/mol. The van der Waals surface area contributed by atoms with Crippen LogP contribution in [0.1, 0.15) is 16.1 Å². The summed E-state index contributed by atoms with van der Waals surface area (Å²) in [6.07, 6.45) is 0. The van der Waals surface area contributed by atoms with Crippen molar-refractivity contribution in [2.45, 2.75) is 13.5 Å². The minimum Gasteiger partial charge on any atom is -0.364 e. The van der Waals surface area contributed by atoms with Gasteiger partial charge < -0.3 is 5.32 Å². The molecule has 0 unspecified atom stereocenters. The van der Waals surface area contributed by atoms with Gasteiger partial charge >= 0.3 is 0 Å². The van der Waals surface area contributed by atoms with Crippen molar-refractivity contribution in [3.63, 3.8) is 0 Å². The molecule has 0 amide bonds. The van der Waals surface area contributed by atoms with Crippen LogP contribution in [0.2, 0.25) is 0 Å². The lowest BCUT2D eigenvalue weighted by atomic mass is 10.2. The number of rotatable bonds is 3. The summed E-state index contributed by atoms with van der Waals surface area (Å²) in [5.41, 5.74) is 1.37. The van der Waals surface area contributed by atoms with Crippen LogP contribution in [-0.2, 0) is 13.6 Å². The maximum Gasteiger partial charge on any atom is 0.142 e. The highest BCUT2D eigenvalue weighted by Gasteiger charge is 2.12. The van der Waals surface area contributed by atoms with Crippen molar-refractivity contribution < 1.29 is 0 Å². The minimum atomic E-state index is 0.614. The van der Waals surface area contributed by atoms with E-state index in [1.54, 1.807) is 16.0 Å². The Morgan fingerprint density at radius 1 is 1.65 bits per heavy atom. The fourth-order valence-corrected chi connectivity index (χ4v) is 3.00. The third kappa shape index (κ3) is 2.51. The Morgan fingerprint density at radius 3 is 3.00 bits per heavy atom. The van der Waals surface area contributed by atoms with Gasteiger partial charge in [-0.1, -0.05) is 0 Å². The largest absolute Gasteiger partial charge is 0.364 e. The molecule has 2 rings (SSSR count). The Bertz CT molecular complexity index is 579. The number of aryl methyl sites for hydroxylation is 2. The molecule has 6 heteroatoms. The van der Waals surface area contributed by atoms with Gasteiger partial charge in [-0.2, -0.15) is 10.4 Å². The fraction of sp³-hybridized carbons (Fsp3) is 0.273. The normalized spacial score (nSPS) is 10.2. The Morgan fingerprint density at radius 2 is 2.41 bits per heavy atom. The van der Waals surface area contributed by atoms with E-state index in [-0.39, 0.29) is 0 Å². The van der Waals surface area contributed by atoms with Gasteiger partial charge in [0.1, 0.15) is 17.5 Å². The minimum absolute atomic E-state index is 0.614. The van der Waals surface area contributed by atoms with Gasteiger partial charge in [0, 0.05) is 21.8 Å². The number of nitrogens with one attached hydrogen (secondary N) is 1. The van der Waals surface area contributed by atoms with Crippen LogP contribution in [0.25, 0.3) is 0 Å². The number of thiophene rings is 1. The van der Waals surface area contributed by atoms with Crippen molar-refractivity contribution in [1.82, 2.24) is 9.78 Å². The Labute approximate surface area is 112 Å². The van der Waals surface area contributed by atoms with E-state index in [1.165, 1.54) is 4.88 Å². The highest BCUT2D eigenvalue weighted by atomic mass is 79.9. The third-order valence-electron chi connectivity index (χ3n) is 2.39. The number of nitrogens with zero attached hydrogens (tertiary/aromatic N) is 3. The number of anilines is 1. The zero-order valence-electron chi connectivity index (χ0n) is 9.49. The van der Waals surface area contributed by atoms with Crippen molar-refractivity contribution in [3.05, 3.63) is 32.1 Å². The summed E-state index contributed by atoms with van der Waals surface area (Å²) in [5, 5.41) is 18.6. The number of nitriles is 1. The van der Waals surface area contributed by atoms with Gasteiger partial charge in [-0.05, 0) is 28.9 Å². The molecular formula is C11H11BrN4S. The smallest absolute Gasteiger partial charge is 0.142 e. The number of halogens is 1. The molecule has 0 saturated carbocycles. The van der Waals surface area contributed by atoms with Crippen molar-refractivity contribution in [3.8, 4) is 6.07 Å². The van der Waals surface area contributed by atoms with E-state index in [1.807, 2.05) is 19.4 Å². The van der Waals surface area contributed by atoms with E-state index < -0.39 is 0 Å². The zero-order valence-corrected chi connectivity index (χ0v) is 11.9. The number of hydrogen-bond donors (Lipinski definition) is 1. The fourth-order valence-electron chi connectivity index (χ4n) is 1.61. The molecule has 0 saturated heterocycles. The summed E-state index contributed by atoms with van der Waals surface area (Å²) in [6, 6.07) is 4.24. The molecule has 0 aliphatic heterocycles. The Kier molecular flexibility index (Phi) is 3.50. The molecule has 0 atom stereocenters. The summed E-state index contributed by atoms with van der Waals surface area (Å²) in [6.45, 7) is 2.54. The maximum absolute atomic E-state index is 9.07. The second-order valence-corrected chi connectivity index (χ2v) is 5.54. The second-order valence-electron chi connectivity index (χ2n) is 3.63. The Balaban J connectivity index is 2.17. The van der Waals surface area contributed by atoms with E-state index in [9.17, 15) is 0 Å². The van der Waals surface area contributed by atoms with Crippen molar-refractivity contribution >= 4 is 33.1 Å².